The van der Waals surface area contributed by atoms with Gasteiger partial charge in [0.25, 0.3) is 0 Å². The Morgan fingerprint density at radius 2 is 0.783 bits per heavy atom. The van der Waals surface area contributed by atoms with E-state index in [4.69, 9.17) is 9.47 Å². The van der Waals surface area contributed by atoms with E-state index in [1.165, 1.54) is 0 Å². The molecule has 0 atom stereocenters. The molecule has 0 saturated heterocycles. The van der Waals surface area contributed by atoms with Gasteiger partial charge in [0.15, 0.2) is 0 Å². The third-order valence-electron chi connectivity index (χ3n) is 8.35. The maximum absolute atomic E-state index is 13.2. The van der Waals surface area contributed by atoms with Gasteiger partial charge in [-0.3, -0.25) is 0 Å². The molecule has 4 nitrogen and oxygen atoms in total. The van der Waals surface area contributed by atoms with Crippen LogP contribution in [-0.2, 0) is 0 Å². The molecule has 0 bridgehead atoms. The number of ether oxygens (including phenoxy) is 2. The minimum absolute atomic E-state index is 0.408. The van der Waals surface area contributed by atoms with Crippen LogP contribution in [0.1, 0.15) is 43.0 Å². The van der Waals surface area contributed by atoms with Crippen LogP contribution in [0.5, 0.6) is 11.5 Å². The summed E-state index contributed by atoms with van der Waals surface area (Å²) in [5.41, 5.74) is 10.6. The Labute approximate surface area is 269 Å². The van der Waals surface area contributed by atoms with E-state index in [9.17, 15) is 9.59 Å². The first kappa shape index (κ1) is 30.3. The number of rotatable bonds is 7. The smallest absolute Gasteiger partial charge is 0.343 e. The minimum atomic E-state index is -0.408. The lowest BCUT2D eigenvalue weighted by molar-refractivity contribution is 0.0726. The summed E-state index contributed by atoms with van der Waals surface area (Å²) in [6, 6.07) is 42.5. The van der Waals surface area contributed by atoms with Crippen LogP contribution in [0.2, 0.25) is 0 Å². The molecular formula is C42H34O4. The highest BCUT2D eigenvalue weighted by Gasteiger charge is 2.18. The Hall–Kier alpha value is -5.74. The summed E-state index contributed by atoms with van der Waals surface area (Å²) in [5, 5.41) is 0. The number of benzene rings is 6. The van der Waals surface area contributed by atoms with Crippen molar-refractivity contribution in [3.05, 3.63) is 167 Å². The number of hydrogen-bond donors (Lipinski definition) is 0. The van der Waals surface area contributed by atoms with E-state index in [-0.39, 0.29) is 0 Å². The predicted octanol–water partition coefficient (Wildman–Crippen LogP) is 10.4. The first-order chi connectivity index (χ1) is 22.3. The lowest BCUT2D eigenvalue weighted by atomic mass is 9.95. The van der Waals surface area contributed by atoms with Gasteiger partial charge in [0, 0.05) is 11.1 Å². The van der Waals surface area contributed by atoms with Gasteiger partial charge in [-0.25, -0.2) is 9.59 Å². The molecule has 0 aliphatic rings. The van der Waals surface area contributed by atoms with Gasteiger partial charge in [-0.15, -0.1) is 0 Å². The molecule has 0 unspecified atom stereocenters. The molecule has 0 aliphatic heterocycles. The molecule has 0 heterocycles. The third kappa shape index (κ3) is 6.52. The van der Waals surface area contributed by atoms with Crippen LogP contribution in [0, 0.1) is 27.7 Å². The van der Waals surface area contributed by atoms with E-state index < -0.39 is 11.9 Å². The summed E-state index contributed by atoms with van der Waals surface area (Å²) >= 11 is 0. The summed E-state index contributed by atoms with van der Waals surface area (Å²) in [6.45, 7) is 7.99. The average molecular weight is 603 g/mol. The molecule has 0 amide bonds. The largest absolute Gasteiger partial charge is 0.422 e. The van der Waals surface area contributed by atoms with Crippen LogP contribution in [0.25, 0.3) is 33.4 Å². The highest BCUT2D eigenvalue weighted by Crippen LogP contribution is 2.39. The van der Waals surface area contributed by atoms with E-state index in [2.05, 4.69) is 0 Å². The fraction of sp³-hybridized carbons (Fsp3) is 0.0952. The maximum atomic E-state index is 13.2. The van der Waals surface area contributed by atoms with Crippen molar-refractivity contribution in [2.24, 2.45) is 0 Å². The van der Waals surface area contributed by atoms with Gasteiger partial charge < -0.3 is 9.47 Å². The van der Waals surface area contributed by atoms with Crippen molar-refractivity contribution >= 4 is 11.9 Å². The van der Waals surface area contributed by atoms with Crippen molar-refractivity contribution < 1.29 is 19.1 Å². The van der Waals surface area contributed by atoms with Gasteiger partial charge >= 0.3 is 11.9 Å². The third-order valence-corrected chi connectivity index (χ3v) is 8.35. The zero-order valence-electron chi connectivity index (χ0n) is 26.3. The van der Waals surface area contributed by atoms with E-state index in [0.29, 0.717) is 22.6 Å². The number of aryl methyl sites for hydroxylation is 4. The van der Waals surface area contributed by atoms with E-state index >= 15 is 0 Å². The predicted molar refractivity (Wildman–Crippen MR) is 184 cm³/mol. The zero-order valence-corrected chi connectivity index (χ0v) is 26.3. The molecule has 4 heteroatoms. The Bertz CT molecular complexity index is 1910. The summed E-state index contributed by atoms with van der Waals surface area (Å²) in [7, 11) is 0. The average Bonchev–Trinajstić information content (AvgIpc) is 3.08. The molecule has 0 aromatic heterocycles. The first-order valence-electron chi connectivity index (χ1n) is 15.2. The second kappa shape index (κ2) is 13.1. The fourth-order valence-electron chi connectivity index (χ4n) is 5.34. The molecular weight excluding hydrogens is 568 g/mol. The van der Waals surface area contributed by atoms with Gasteiger partial charge in [-0.2, -0.15) is 0 Å². The molecule has 6 aromatic rings. The number of esters is 2. The van der Waals surface area contributed by atoms with Crippen LogP contribution in [-0.4, -0.2) is 11.9 Å². The topological polar surface area (TPSA) is 52.6 Å². The summed E-state index contributed by atoms with van der Waals surface area (Å²) < 4.78 is 12.0. The van der Waals surface area contributed by atoms with E-state index in [1.807, 2.05) is 149 Å². The first-order valence-corrected chi connectivity index (χ1v) is 15.2. The van der Waals surface area contributed by atoms with Gasteiger partial charge in [0.05, 0.1) is 11.1 Å². The second-order valence-electron chi connectivity index (χ2n) is 11.5. The van der Waals surface area contributed by atoms with E-state index in [1.54, 1.807) is 12.1 Å². The van der Waals surface area contributed by atoms with Crippen molar-refractivity contribution in [3.63, 3.8) is 0 Å². The van der Waals surface area contributed by atoms with Crippen LogP contribution >= 0.6 is 0 Å². The molecule has 0 aliphatic carbocycles. The maximum Gasteiger partial charge on any atom is 0.343 e. The Morgan fingerprint density at radius 3 is 1.15 bits per heavy atom. The molecule has 0 fully saturated rings. The lowest BCUT2D eigenvalue weighted by Gasteiger charge is -2.16. The Morgan fingerprint density at radius 1 is 0.391 bits per heavy atom. The van der Waals surface area contributed by atoms with Crippen LogP contribution in [0.15, 0.2) is 133 Å². The van der Waals surface area contributed by atoms with E-state index in [0.717, 1.165) is 55.6 Å². The molecule has 6 aromatic carbocycles. The van der Waals surface area contributed by atoms with Crippen LogP contribution in [0.4, 0.5) is 0 Å². The highest BCUT2D eigenvalue weighted by atomic mass is 16.5. The van der Waals surface area contributed by atoms with Crippen molar-refractivity contribution in [3.8, 4) is 44.9 Å². The standard InChI is InChI=1S/C42H34O4/c1-27-15-17-35(23-29(27)3)41(43)45-39-21-19-33(25-37(39)31-11-7-5-8-12-31)34-20-22-40(38(26-34)32-13-9-6-10-14-32)46-42(44)36-18-16-28(2)30(4)24-36/h5-26H,1-4H3. The van der Waals surface area contributed by atoms with Crippen molar-refractivity contribution in [1.29, 1.82) is 0 Å². The normalized spacial score (nSPS) is 10.8. The summed E-state index contributed by atoms with van der Waals surface area (Å²) in [6.07, 6.45) is 0. The molecule has 0 N–H and O–H groups in total. The second-order valence-corrected chi connectivity index (χ2v) is 11.5. The minimum Gasteiger partial charge on any atom is -0.422 e. The summed E-state index contributed by atoms with van der Waals surface area (Å²) in [5.74, 6) is 0.129. The molecule has 226 valence electrons. The molecule has 46 heavy (non-hydrogen) atoms. The Balaban J connectivity index is 1.39. The van der Waals surface area contributed by atoms with Crippen molar-refractivity contribution in [1.82, 2.24) is 0 Å². The molecule has 6 rings (SSSR count). The zero-order chi connectivity index (χ0) is 32.2. The van der Waals surface area contributed by atoms with Gasteiger partial charge in [-0.1, -0.05) is 84.9 Å². The number of hydrogen-bond acceptors (Lipinski definition) is 4. The van der Waals surface area contributed by atoms with Crippen molar-refractivity contribution in [2.75, 3.05) is 0 Å². The number of carbonyl (C=O) groups is 2. The SMILES string of the molecule is Cc1ccc(C(=O)Oc2ccc(-c3ccc(OC(=O)c4ccc(C)c(C)c4)c(-c4ccccc4)c3)cc2-c2ccccc2)cc1C. The van der Waals surface area contributed by atoms with Crippen molar-refractivity contribution in [2.45, 2.75) is 27.7 Å². The molecule has 0 radical (unpaired) electrons. The monoisotopic (exact) mass is 602 g/mol. The number of carbonyl (C=O) groups excluding carboxylic acids is 2. The molecule has 0 saturated carbocycles. The molecule has 0 spiro atoms. The van der Waals surface area contributed by atoms with Gasteiger partial charge in [0.2, 0.25) is 0 Å². The quantitative estimate of drug-likeness (QED) is 0.135. The van der Waals surface area contributed by atoms with Crippen LogP contribution < -0.4 is 9.47 Å². The fourth-order valence-corrected chi connectivity index (χ4v) is 5.34. The summed E-state index contributed by atoms with van der Waals surface area (Å²) in [4.78, 5) is 26.4. The lowest BCUT2D eigenvalue weighted by Crippen LogP contribution is -2.10. The highest BCUT2D eigenvalue weighted by molar-refractivity contribution is 5.94. The Kier molecular flexibility index (Phi) is 8.62. The van der Waals surface area contributed by atoms with Gasteiger partial charge in [-0.05, 0) is 121 Å². The van der Waals surface area contributed by atoms with Gasteiger partial charge in [0.1, 0.15) is 11.5 Å². The van der Waals surface area contributed by atoms with Crippen LogP contribution in [0.3, 0.4) is 0 Å².